The Kier molecular flexibility index (Phi) is 2.77. The van der Waals surface area contributed by atoms with Crippen molar-refractivity contribution in [1.29, 1.82) is 0 Å². The van der Waals surface area contributed by atoms with E-state index in [1.807, 2.05) is 0 Å². The summed E-state index contributed by atoms with van der Waals surface area (Å²) in [4.78, 5) is 8.33. The van der Waals surface area contributed by atoms with Gasteiger partial charge >= 0.3 is 0 Å². The fourth-order valence-corrected chi connectivity index (χ4v) is 4.30. The van der Waals surface area contributed by atoms with Crippen molar-refractivity contribution in [1.82, 2.24) is 9.97 Å². The van der Waals surface area contributed by atoms with Crippen LogP contribution in [0, 0.1) is 11.8 Å². The molecule has 5 N–H and O–H groups in total. The molecule has 0 radical (unpaired) electrons. The summed E-state index contributed by atoms with van der Waals surface area (Å²) in [6, 6.07) is 1.53. The molecule has 7 heteroatoms. The van der Waals surface area contributed by atoms with Gasteiger partial charge in [0.05, 0.1) is 11.0 Å². The molecule has 0 spiro atoms. The molecule has 2 aliphatic carbocycles. The summed E-state index contributed by atoms with van der Waals surface area (Å²) in [5.41, 5.74) is 12.2. The van der Waals surface area contributed by atoms with E-state index in [-0.39, 0.29) is 5.25 Å². The summed E-state index contributed by atoms with van der Waals surface area (Å²) >= 11 is 1.50. The lowest BCUT2D eigenvalue weighted by molar-refractivity contribution is 0.314. The molecule has 6 nitrogen and oxygen atoms in total. The number of oxime groups is 1. The molecule has 2 fully saturated rings. The van der Waals surface area contributed by atoms with Crippen molar-refractivity contribution in [2.45, 2.75) is 29.7 Å². The minimum Gasteiger partial charge on any atom is -0.411 e. The van der Waals surface area contributed by atoms with Gasteiger partial charge in [0.1, 0.15) is 11.6 Å². The highest BCUT2D eigenvalue weighted by Crippen LogP contribution is 2.49. The molecule has 18 heavy (non-hydrogen) atoms. The molecular formula is C11H15N5OS. The van der Waals surface area contributed by atoms with E-state index in [4.69, 9.17) is 16.7 Å². The first kappa shape index (κ1) is 11.6. The van der Waals surface area contributed by atoms with Gasteiger partial charge in [-0.15, -0.1) is 0 Å². The van der Waals surface area contributed by atoms with Crippen LogP contribution in [0.15, 0.2) is 16.4 Å². The fourth-order valence-electron chi connectivity index (χ4n) is 2.96. The lowest BCUT2D eigenvalue weighted by atomic mass is 9.98. The van der Waals surface area contributed by atoms with Crippen LogP contribution in [0.3, 0.4) is 0 Å². The molecule has 1 heterocycles. The third kappa shape index (κ3) is 1.88. The van der Waals surface area contributed by atoms with Gasteiger partial charge in [0.2, 0.25) is 0 Å². The Morgan fingerprint density at radius 3 is 2.67 bits per heavy atom. The Bertz CT molecular complexity index is 486. The first-order chi connectivity index (χ1) is 8.67. The first-order valence-electron chi connectivity index (χ1n) is 5.96. The molecule has 2 bridgehead atoms. The van der Waals surface area contributed by atoms with Crippen LogP contribution in [0.25, 0.3) is 0 Å². The quantitative estimate of drug-likeness (QED) is 0.423. The van der Waals surface area contributed by atoms with Gasteiger partial charge in [0, 0.05) is 12.0 Å². The number of fused-ring (bicyclic) bond motifs is 2. The number of nitrogen functional groups attached to an aromatic ring is 2. The van der Waals surface area contributed by atoms with E-state index in [9.17, 15) is 0 Å². The number of anilines is 2. The molecule has 3 unspecified atom stereocenters. The number of nitrogens with zero attached hydrogens (tertiary/aromatic N) is 3. The number of aromatic nitrogens is 2. The zero-order valence-corrected chi connectivity index (χ0v) is 10.6. The van der Waals surface area contributed by atoms with Crippen LogP contribution >= 0.6 is 11.8 Å². The van der Waals surface area contributed by atoms with E-state index in [2.05, 4.69) is 15.1 Å². The maximum atomic E-state index is 9.13. The summed E-state index contributed by atoms with van der Waals surface area (Å²) in [7, 11) is 0. The van der Waals surface area contributed by atoms with Gasteiger partial charge in [-0.3, -0.25) is 0 Å². The Labute approximate surface area is 109 Å². The second-order valence-corrected chi connectivity index (χ2v) is 5.94. The second kappa shape index (κ2) is 4.31. The van der Waals surface area contributed by atoms with Gasteiger partial charge in [0.15, 0.2) is 5.16 Å². The Balaban J connectivity index is 1.84. The number of nitrogens with two attached hydrogens (primary N) is 2. The second-order valence-electron chi connectivity index (χ2n) is 4.83. The first-order valence-corrected chi connectivity index (χ1v) is 6.84. The average molecular weight is 265 g/mol. The molecule has 0 aromatic carbocycles. The standard InChI is InChI=1S/C11H15N5OS/c12-7-4-8(13)15-11(14-7)18-10-6-2-1-5(3-6)9(10)16-17/h4-6,10,17H,1-3H2,(H4,12,13,14,15)/b16-9+. The van der Waals surface area contributed by atoms with Crippen molar-refractivity contribution in [2.24, 2.45) is 17.0 Å². The van der Waals surface area contributed by atoms with Gasteiger partial charge in [0.25, 0.3) is 0 Å². The SMILES string of the molecule is Nc1cc(N)nc(SC2/C(=N/O)C3CCC2C3)n1. The summed E-state index contributed by atoms with van der Waals surface area (Å²) in [6.45, 7) is 0. The minimum absolute atomic E-state index is 0.162. The van der Waals surface area contributed by atoms with Gasteiger partial charge in [-0.05, 0) is 25.2 Å². The van der Waals surface area contributed by atoms with Crippen molar-refractivity contribution in [2.75, 3.05) is 11.5 Å². The molecule has 0 amide bonds. The summed E-state index contributed by atoms with van der Waals surface area (Å²) in [5, 5.41) is 13.3. The molecule has 1 aromatic heterocycles. The predicted octanol–water partition coefficient (Wildman–Crippen LogP) is 1.36. The number of thioether (sulfide) groups is 1. The third-order valence-corrected chi connectivity index (χ3v) is 4.98. The molecule has 3 rings (SSSR count). The smallest absolute Gasteiger partial charge is 0.192 e. The van der Waals surface area contributed by atoms with E-state index in [0.717, 1.165) is 18.6 Å². The molecule has 2 aliphatic rings. The van der Waals surface area contributed by atoms with Crippen LogP contribution in [0.4, 0.5) is 11.6 Å². The number of rotatable bonds is 2. The fraction of sp³-hybridized carbons (Fsp3) is 0.545. The van der Waals surface area contributed by atoms with Gasteiger partial charge in [-0.25, -0.2) is 9.97 Å². The van der Waals surface area contributed by atoms with Crippen molar-refractivity contribution < 1.29 is 5.21 Å². The predicted molar refractivity (Wildman–Crippen MR) is 70.6 cm³/mol. The van der Waals surface area contributed by atoms with Crippen LogP contribution in [-0.4, -0.2) is 26.1 Å². The average Bonchev–Trinajstić information content (AvgIpc) is 2.88. The molecule has 0 saturated heterocycles. The van der Waals surface area contributed by atoms with E-state index >= 15 is 0 Å². The van der Waals surface area contributed by atoms with Crippen LogP contribution in [0.5, 0.6) is 0 Å². The van der Waals surface area contributed by atoms with Crippen LogP contribution in [0.1, 0.15) is 19.3 Å². The Morgan fingerprint density at radius 1 is 1.28 bits per heavy atom. The Morgan fingerprint density at radius 2 is 2.00 bits per heavy atom. The summed E-state index contributed by atoms with van der Waals surface area (Å²) < 4.78 is 0. The van der Waals surface area contributed by atoms with Crippen LogP contribution < -0.4 is 11.5 Å². The summed E-state index contributed by atoms with van der Waals surface area (Å²) in [6.07, 6.45) is 3.41. The molecule has 2 saturated carbocycles. The molecule has 0 aliphatic heterocycles. The lowest BCUT2D eigenvalue weighted by Gasteiger charge is -2.21. The maximum absolute atomic E-state index is 9.13. The van der Waals surface area contributed by atoms with Gasteiger partial charge in [-0.1, -0.05) is 16.9 Å². The van der Waals surface area contributed by atoms with Crippen LogP contribution in [0.2, 0.25) is 0 Å². The zero-order chi connectivity index (χ0) is 12.7. The van der Waals surface area contributed by atoms with E-state index in [0.29, 0.717) is 28.6 Å². The van der Waals surface area contributed by atoms with Crippen molar-refractivity contribution in [3.8, 4) is 0 Å². The molecule has 96 valence electrons. The molecular weight excluding hydrogens is 250 g/mol. The number of hydrogen-bond acceptors (Lipinski definition) is 7. The van der Waals surface area contributed by atoms with Crippen molar-refractivity contribution in [3.05, 3.63) is 6.07 Å². The largest absolute Gasteiger partial charge is 0.411 e. The summed E-state index contributed by atoms with van der Waals surface area (Å²) in [5.74, 6) is 1.72. The maximum Gasteiger partial charge on any atom is 0.192 e. The highest BCUT2D eigenvalue weighted by Gasteiger charge is 2.46. The van der Waals surface area contributed by atoms with E-state index in [1.54, 1.807) is 0 Å². The highest BCUT2D eigenvalue weighted by atomic mass is 32.2. The lowest BCUT2D eigenvalue weighted by Crippen LogP contribution is -2.25. The highest BCUT2D eigenvalue weighted by molar-refractivity contribution is 8.00. The van der Waals surface area contributed by atoms with Crippen molar-refractivity contribution >= 4 is 29.1 Å². The van der Waals surface area contributed by atoms with Crippen LogP contribution in [-0.2, 0) is 0 Å². The number of hydrogen-bond donors (Lipinski definition) is 3. The normalized spacial score (nSPS) is 32.2. The third-order valence-electron chi connectivity index (χ3n) is 3.70. The monoisotopic (exact) mass is 265 g/mol. The van der Waals surface area contributed by atoms with Gasteiger partial charge in [-0.2, -0.15) is 0 Å². The van der Waals surface area contributed by atoms with E-state index in [1.165, 1.54) is 24.2 Å². The Hall–Kier alpha value is -1.50. The van der Waals surface area contributed by atoms with E-state index < -0.39 is 0 Å². The molecule has 3 atom stereocenters. The topological polar surface area (TPSA) is 110 Å². The van der Waals surface area contributed by atoms with Gasteiger partial charge < -0.3 is 16.7 Å². The van der Waals surface area contributed by atoms with Crippen molar-refractivity contribution in [3.63, 3.8) is 0 Å². The minimum atomic E-state index is 0.162. The zero-order valence-electron chi connectivity index (χ0n) is 9.78. The molecule has 1 aromatic rings.